The van der Waals surface area contributed by atoms with Gasteiger partial charge in [-0.05, 0) is 36.2 Å². The van der Waals surface area contributed by atoms with Gasteiger partial charge in [-0.3, -0.25) is 4.79 Å². The Labute approximate surface area is 156 Å². The van der Waals surface area contributed by atoms with Crippen LogP contribution in [0.25, 0.3) is 0 Å². The molecule has 0 saturated heterocycles. The number of thioether (sulfide) groups is 1. The summed E-state index contributed by atoms with van der Waals surface area (Å²) in [6, 6.07) is 13.4. The lowest BCUT2D eigenvalue weighted by Gasteiger charge is -2.21. The number of halogens is 1. The standard InChI is InChI=1S/C19H20ClNO3S/c1-13(14-6-7-17-18(10-14)24-9-8-23-17)21-19(22)12-25-11-15-4-2-3-5-16(15)20/h2-7,10,13H,8-9,11-12H2,1H3,(H,21,22)/t13-/m1/s1. The van der Waals surface area contributed by atoms with Crippen molar-refractivity contribution in [3.05, 3.63) is 58.6 Å². The zero-order valence-corrected chi connectivity index (χ0v) is 15.5. The lowest BCUT2D eigenvalue weighted by molar-refractivity contribution is -0.119. The van der Waals surface area contributed by atoms with Gasteiger partial charge in [-0.15, -0.1) is 11.8 Å². The number of carbonyl (C=O) groups is 1. The third-order valence-electron chi connectivity index (χ3n) is 3.89. The molecule has 132 valence electrons. The van der Waals surface area contributed by atoms with Gasteiger partial charge in [0.1, 0.15) is 13.2 Å². The van der Waals surface area contributed by atoms with Crippen molar-refractivity contribution in [2.45, 2.75) is 18.7 Å². The third kappa shape index (κ3) is 4.83. The number of hydrogen-bond donors (Lipinski definition) is 1. The summed E-state index contributed by atoms with van der Waals surface area (Å²) >= 11 is 7.67. The van der Waals surface area contributed by atoms with Crippen molar-refractivity contribution in [1.82, 2.24) is 5.32 Å². The maximum atomic E-state index is 12.2. The van der Waals surface area contributed by atoms with Crippen LogP contribution >= 0.6 is 23.4 Å². The SMILES string of the molecule is C[C@@H](NC(=O)CSCc1ccccc1Cl)c1ccc2c(c1)OCCO2. The zero-order valence-electron chi connectivity index (χ0n) is 14.0. The van der Waals surface area contributed by atoms with E-state index in [9.17, 15) is 4.79 Å². The highest BCUT2D eigenvalue weighted by molar-refractivity contribution is 7.99. The van der Waals surface area contributed by atoms with Crippen molar-refractivity contribution in [2.75, 3.05) is 19.0 Å². The Morgan fingerprint density at radius 2 is 1.96 bits per heavy atom. The van der Waals surface area contributed by atoms with E-state index < -0.39 is 0 Å². The summed E-state index contributed by atoms with van der Waals surface area (Å²) in [5, 5.41) is 3.75. The van der Waals surface area contributed by atoms with E-state index in [1.807, 2.05) is 49.4 Å². The number of hydrogen-bond acceptors (Lipinski definition) is 4. The Hall–Kier alpha value is -1.85. The third-order valence-corrected chi connectivity index (χ3v) is 5.24. The highest BCUT2D eigenvalue weighted by Gasteiger charge is 2.15. The molecule has 0 unspecified atom stereocenters. The maximum Gasteiger partial charge on any atom is 0.230 e. The fourth-order valence-electron chi connectivity index (χ4n) is 2.56. The molecule has 2 aromatic carbocycles. The molecule has 0 radical (unpaired) electrons. The molecular weight excluding hydrogens is 358 g/mol. The Balaban J connectivity index is 1.50. The Kier molecular flexibility index (Phi) is 6.10. The number of ether oxygens (including phenoxy) is 2. The number of fused-ring (bicyclic) bond motifs is 1. The van der Waals surface area contributed by atoms with Crippen LogP contribution in [0.2, 0.25) is 5.02 Å². The molecule has 0 saturated carbocycles. The van der Waals surface area contributed by atoms with Crippen molar-refractivity contribution in [3.63, 3.8) is 0 Å². The number of benzene rings is 2. The molecule has 0 aromatic heterocycles. The molecule has 0 spiro atoms. The monoisotopic (exact) mass is 377 g/mol. The summed E-state index contributed by atoms with van der Waals surface area (Å²) in [5.74, 6) is 2.59. The molecular formula is C19H20ClNO3S. The van der Waals surface area contributed by atoms with Gasteiger partial charge in [-0.2, -0.15) is 0 Å². The number of carbonyl (C=O) groups excluding carboxylic acids is 1. The van der Waals surface area contributed by atoms with Crippen LogP contribution in [0.4, 0.5) is 0 Å². The predicted molar refractivity (Wildman–Crippen MR) is 102 cm³/mol. The molecule has 1 N–H and O–H groups in total. The molecule has 0 aliphatic carbocycles. The Morgan fingerprint density at radius 3 is 2.76 bits per heavy atom. The fourth-order valence-corrected chi connectivity index (χ4v) is 3.69. The first kappa shape index (κ1) is 18.0. The smallest absolute Gasteiger partial charge is 0.230 e. The van der Waals surface area contributed by atoms with E-state index >= 15 is 0 Å². The molecule has 3 rings (SSSR count). The highest BCUT2D eigenvalue weighted by atomic mass is 35.5. The maximum absolute atomic E-state index is 12.2. The normalized spacial score (nSPS) is 14.0. The molecule has 4 nitrogen and oxygen atoms in total. The van der Waals surface area contributed by atoms with Crippen LogP contribution in [-0.2, 0) is 10.5 Å². The minimum absolute atomic E-state index is 0.000516. The van der Waals surface area contributed by atoms with E-state index in [1.54, 1.807) is 11.8 Å². The summed E-state index contributed by atoms with van der Waals surface area (Å²) in [5.41, 5.74) is 2.04. The highest BCUT2D eigenvalue weighted by Crippen LogP contribution is 2.32. The van der Waals surface area contributed by atoms with Crippen LogP contribution < -0.4 is 14.8 Å². The molecule has 0 bridgehead atoms. The molecule has 1 aliphatic rings. The quantitative estimate of drug-likeness (QED) is 0.818. The van der Waals surface area contributed by atoms with Gasteiger partial charge in [-0.25, -0.2) is 0 Å². The fraction of sp³-hybridized carbons (Fsp3) is 0.316. The predicted octanol–water partition coefficient (Wildman–Crippen LogP) is 4.22. The summed E-state index contributed by atoms with van der Waals surface area (Å²) in [6.45, 7) is 3.08. The molecule has 1 aliphatic heterocycles. The second-order valence-corrected chi connectivity index (χ2v) is 7.17. The van der Waals surface area contributed by atoms with Crippen molar-refractivity contribution in [1.29, 1.82) is 0 Å². The second-order valence-electron chi connectivity index (χ2n) is 5.78. The van der Waals surface area contributed by atoms with E-state index in [0.717, 1.165) is 27.6 Å². The van der Waals surface area contributed by atoms with Crippen LogP contribution in [-0.4, -0.2) is 24.9 Å². The topological polar surface area (TPSA) is 47.6 Å². The largest absolute Gasteiger partial charge is 0.486 e. The first-order chi connectivity index (χ1) is 12.1. The van der Waals surface area contributed by atoms with Crippen LogP contribution in [0.3, 0.4) is 0 Å². The van der Waals surface area contributed by atoms with Crippen molar-refractivity contribution >= 4 is 29.3 Å². The Bertz CT molecular complexity index is 753. The average molecular weight is 378 g/mol. The lowest BCUT2D eigenvalue weighted by Crippen LogP contribution is -2.28. The average Bonchev–Trinajstić information content (AvgIpc) is 2.63. The first-order valence-corrected chi connectivity index (χ1v) is 9.67. The van der Waals surface area contributed by atoms with Crippen molar-refractivity contribution < 1.29 is 14.3 Å². The van der Waals surface area contributed by atoms with Gasteiger partial charge in [0.05, 0.1) is 11.8 Å². The van der Waals surface area contributed by atoms with Crippen molar-refractivity contribution in [3.8, 4) is 11.5 Å². The van der Waals surface area contributed by atoms with E-state index in [1.165, 1.54) is 0 Å². The van der Waals surface area contributed by atoms with Gasteiger partial charge in [0.15, 0.2) is 11.5 Å². The van der Waals surface area contributed by atoms with Gasteiger partial charge in [0.2, 0.25) is 5.91 Å². The molecule has 25 heavy (non-hydrogen) atoms. The van der Waals surface area contributed by atoms with E-state index in [4.69, 9.17) is 21.1 Å². The van der Waals surface area contributed by atoms with Gasteiger partial charge in [0, 0.05) is 10.8 Å². The molecule has 1 atom stereocenters. The van der Waals surface area contributed by atoms with E-state index in [0.29, 0.717) is 24.7 Å². The van der Waals surface area contributed by atoms with Crippen LogP contribution in [0.15, 0.2) is 42.5 Å². The molecule has 1 heterocycles. The van der Waals surface area contributed by atoms with Crippen LogP contribution in [0.1, 0.15) is 24.1 Å². The Morgan fingerprint density at radius 1 is 1.20 bits per heavy atom. The zero-order chi connectivity index (χ0) is 17.6. The number of amides is 1. The molecule has 0 fully saturated rings. The van der Waals surface area contributed by atoms with Gasteiger partial charge >= 0.3 is 0 Å². The summed E-state index contributed by atoms with van der Waals surface area (Å²) < 4.78 is 11.1. The van der Waals surface area contributed by atoms with Crippen LogP contribution in [0.5, 0.6) is 11.5 Å². The second kappa shape index (κ2) is 8.50. The minimum atomic E-state index is -0.0933. The van der Waals surface area contributed by atoms with E-state index in [2.05, 4.69) is 5.32 Å². The summed E-state index contributed by atoms with van der Waals surface area (Å²) in [6.07, 6.45) is 0. The summed E-state index contributed by atoms with van der Waals surface area (Å²) in [4.78, 5) is 12.2. The lowest BCUT2D eigenvalue weighted by atomic mass is 10.1. The molecule has 6 heteroatoms. The minimum Gasteiger partial charge on any atom is -0.486 e. The summed E-state index contributed by atoms with van der Waals surface area (Å²) in [7, 11) is 0. The first-order valence-electron chi connectivity index (χ1n) is 8.13. The van der Waals surface area contributed by atoms with Crippen molar-refractivity contribution in [2.24, 2.45) is 0 Å². The number of rotatable bonds is 6. The van der Waals surface area contributed by atoms with Gasteiger partial charge in [0.25, 0.3) is 0 Å². The number of nitrogens with one attached hydrogen (secondary N) is 1. The molecule has 1 amide bonds. The van der Waals surface area contributed by atoms with Gasteiger partial charge < -0.3 is 14.8 Å². The van der Waals surface area contributed by atoms with Gasteiger partial charge in [-0.1, -0.05) is 35.9 Å². The van der Waals surface area contributed by atoms with E-state index in [-0.39, 0.29) is 11.9 Å². The van der Waals surface area contributed by atoms with Crippen LogP contribution in [0, 0.1) is 0 Å². The molecule has 2 aromatic rings.